The number of nitrogens with zero attached hydrogens (tertiary/aromatic N) is 3. The van der Waals surface area contributed by atoms with Crippen molar-refractivity contribution in [1.82, 2.24) is 9.80 Å². The van der Waals surface area contributed by atoms with E-state index < -0.39 is 5.54 Å². The number of carbonyl (C=O) groups excluding carboxylic acids is 2. The van der Waals surface area contributed by atoms with Gasteiger partial charge in [0, 0.05) is 45.5 Å². The third-order valence-electron chi connectivity index (χ3n) is 6.23. The molecule has 2 atom stereocenters. The predicted octanol–water partition coefficient (Wildman–Crippen LogP) is 2.35. The highest BCUT2D eigenvalue weighted by Crippen LogP contribution is 2.42. The Morgan fingerprint density at radius 3 is 2.62 bits per heavy atom. The first kappa shape index (κ1) is 19.5. The van der Waals surface area contributed by atoms with Gasteiger partial charge in [0.05, 0.1) is 5.54 Å². The van der Waals surface area contributed by atoms with Gasteiger partial charge in [-0.2, -0.15) is 0 Å². The SMILES string of the molecule is CN(C)c1cccc(C(=O)N2CC[C@]3(c4ccccc4)[C@@H](C2)OCC(=O)N3C)c1. The molecule has 2 saturated heterocycles. The van der Waals surface area contributed by atoms with E-state index in [0.717, 1.165) is 11.3 Å². The number of hydrogen-bond acceptors (Lipinski definition) is 4. The molecule has 2 aliphatic heterocycles. The fourth-order valence-electron chi connectivity index (χ4n) is 4.51. The maximum absolute atomic E-state index is 13.2. The number of morpholine rings is 1. The van der Waals surface area contributed by atoms with E-state index in [4.69, 9.17) is 4.74 Å². The highest BCUT2D eigenvalue weighted by molar-refractivity contribution is 5.95. The summed E-state index contributed by atoms with van der Waals surface area (Å²) in [6.45, 7) is 1.07. The van der Waals surface area contributed by atoms with Crippen LogP contribution in [-0.2, 0) is 15.1 Å². The minimum atomic E-state index is -0.543. The number of amides is 2. The van der Waals surface area contributed by atoms with Crippen molar-refractivity contribution in [3.05, 3.63) is 65.7 Å². The van der Waals surface area contributed by atoms with Crippen LogP contribution in [0.3, 0.4) is 0 Å². The Morgan fingerprint density at radius 1 is 1.14 bits per heavy atom. The number of fused-ring (bicyclic) bond motifs is 1. The van der Waals surface area contributed by atoms with Crippen LogP contribution >= 0.6 is 0 Å². The van der Waals surface area contributed by atoms with E-state index in [-0.39, 0.29) is 24.5 Å². The fourth-order valence-corrected chi connectivity index (χ4v) is 4.51. The van der Waals surface area contributed by atoms with Gasteiger partial charge in [-0.15, -0.1) is 0 Å². The van der Waals surface area contributed by atoms with Gasteiger partial charge in [0.15, 0.2) is 0 Å². The molecule has 2 fully saturated rings. The molecule has 2 aromatic carbocycles. The van der Waals surface area contributed by atoms with Crippen LogP contribution in [0.2, 0.25) is 0 Å². The smallest absolute Gasteiger partial charge is 0.254 e. The van der Waals surface area contributed by atoms with Crippen molar-refractivity contribution >= 4 is 17.5 Å². The van der Waals surface area contributed by atoms with E-state index >= 15 is 0 Å². The second kappa shape index (κ2) is 7.52. The topological polar surface area (TPSA) is 53.1 Å². The van der Waals surface area contributed by atoms with E-state index in [0.29, 0.717) is 25.1 Å². The second-order valence-electron chi connectivity index (χ2n) is 7.99. The molecule has 0 aromatic heterocycles. The molecule has 6 heteroatoms. The summed E-state index contributed by atoms with van der Waals surface area (Å²) >= 11 is 0. The first-order valence-electron chi connectivity index (χ1n) is 9.94. The average Bonchev–Trinajstić information content (AvgIpc) is 2.76. The molecular weight excluding hydrogens is 366 g/mol. The Hall–Kier alpha value is -2.86. The first-order chi connectivity index (χ1) is 13.9. The van der Waals surface area contributed by atoms with Gasteiger partial charge in [0.2, 0.25) is 5.91 Å². The summed E-state index contributed by atoms with van der Waals surface area (Å²) in [4.78, 5) is 31.3. The van der Waals surface area contributed by atoms with Gasteiger partial charge in [0.1, 0.15) is 12.7 Å². The summed E-state index contributed by atoms with van der Waals surface area (Å²) in [5.74, 6) is -0.0259. The predicted molar refractivity (Wildman–Crippen MR) is 112 cm³/mol. The largest absolute Gasteiger partial charge is 0.378 e. The lowest BCUT2D eigenvalue weighted by molar-refractivity contribution is -0.180. The van der Waals surface area contributed by atoms with Crippen molar-refractivity contribution in [3.63, 3.8) is 0 Å². The van der Waals surface area contributed by atoms with Gasteiger partial charge in [-0.3, -0.25) is 9.59 Å². The number of ether oxygens (including phenoxy) is 1. The molecule has 0 bridgehead atoms. The summed E-state index contributed by atoms with van der Waals surface area (Å²) in [5.41, 5.74) is 2.18. The summed E-state index contributed by atoms with van der Waals surface area (Å²) in [5, 5.41) is 0. The van der Waals surface area contributed by atoms with Gasteiger partial charge in [0.25, 0.3) is 5.91 Å². The molecule has 0 N–H and O–H groups in total. The van der Waals surface area contributed by atoms with Crippen molar-refractivity contribution in [2.24, 2.45) is 0 Å². The molecule has 0 radical (unpaired) electrons. The number of carbonyl (C=O) groups is 2. The summed E-state index contributed by atoms with van der Waals surface area (Å²) in [6.07, 6.45) is 0.380. The van der Waals surface area contributed by atoms with Gasteiger partial charge in [-0.05, 0) is 30.2 Å². The average molecular weight is 393 g/mol. The maximum Gasteiger partial charge on any atom is 0.254 e. The molecule has 2 amide bonds. The Balaban J connectivity index is 1.63. The molecule has 2 heterocycles. The summed E-state index contributed by atoms with van der Waals surface area (Å²) in [7, 11) is 5.77. The summed E-state index contributed by atoms with van der Waals surface area (Å²) in [6, 6.07) is 17.7. The Morgan fingerprint density at radius 2 is 1.90 bits per heavy atom. The molecule has 0 saturated carbocycles. The minimum absolute atomic E-state index is 0.00138. The summed E-state index contributed by atoms with van der Waals surface area (Å²) < 4.78 is 6.01. The maximum atomic E-state index is 13.2. The third-order valence-corrected chi connectivity index (χ3v) is 6.23. The van der Waals surface area contributed by atoms with Crippen LogP contribution < -0.4 is 4.90 Å². The number of likely N-dealkylation sites (N-methyl/N-ethyl adjacent to an activating group) is 1. The molecule has 4 rings (SSSR count). The Bertz CT molecular complexity index is 915. The zero-order valence-corrected chi connectivity index (χ0v) is 17.2. The second-order valence-corrected chi connectivity index (χ2v) is 7.99. The van der Waals surface area contributed by atoms with Crippen molar-refractivity contribution in [2.75, 3.05) is 45.7 Å². The van der Waals surface area contributed by atoms with Crippen LogP contribution in [0.4, 0.5) is 5.69 Å². The molecule has 0 unspecified atom stereocenters. The van der Waals surface area contributed by atoms with Crippen LogP contribution in [0.5, 0.6) is 0 Å². The Labute approximate surface area is 171 Å². The van der Waals surface area contributed by atoms with E-state index in [1.54, 1.807) is 0 Å². The number of anilines is 1. The normalized spacial score (nSPS) is 24.2. The molecule has 6 nitrogen and oxygen atoms in total. The number of rotatable bonds is 3. The fraction of sp³-hybridized carbons (Fsp3) is 0.391. The quantitative estimate of drug-likeness (QED) is 0.803. The molecule has 29 heavy (non-hydrogen) atoms. The lowest BCUT2D eigenvalue weighted by Gasteiger charge is -2.54. The van der Waals surface area contributed by atoms with Crippen LogP contribution in [-0.4, -0.2) is 68.6 Å². The van der Waals surface area contributed by atoms with Crippen LogP contribution in [0.15, 0.2) is 54.6 Å². The third kappa shape index (κ3) is 3.27. The monoisotopic (exact) mass is 393 g/mol. The number of benzene rings is 2. The van der Waals surface area contributed by atoms with Crippen molar-refractivity contribution in [3.8, 4) is 0 Å². The van der Waals surface area contributed by atoms with Gasteiger partial charge in [-0.25, -0.2) is 0 Å². The van der Waals surface area contributed by atoms with Gasteiger partial charge in [-0.1, -0.05) is 36.4 Å². The molecule has 2 aliphatic rings. The molecule has 0 spiro atoms. The van der Waals surface area contributed by atoms with E-state index in [1.165, 1.54) is 0 Å². The van der Waals surface area contributed by atoms with Crippen molar-refractivity contribution < 1.29 is 14.3 Å². The minimum Gasteiger partial charge on any atom is -0.378 e. The Kier molecular flexibility index (Phi) is 5.04. The number of likely N-dealkylation sites (tertiary alicyclic amines) is 1. The lowest BCUT2D eigenvalue weighted by atomic mass is 9.76. The first-order valence-corrected chi connectivity index (χ1v) is 9.94. The van der Waals surface area contributed by atoms with Crippen molar-refractivity contribution in [2.45, 2.75) is 18.1 Å². The molecule has 0 aliphatic carbocycles. The lowest BCUT2D eigenvalue weighted by Crippen LogP contribution is -2.67. The van der Waals surface area contributed by atoms with E-state index in [9.17, 15) is 9.59 Å². The van der Waals surface area contributed by atoms with Crippen LogP contribution in [0.25, 0.3) is 0 Å². The van der Waals surface area contributed by atoms with E-state index in [2.05, 4.69) is 0 Å². The number of hydrogen-bond donors (Lipinski definition) is 0. The highest BCUT2D eigenvalue weighted by atomic mass is 16.5. The highest BCUT2D eigenvalue weighted by Gasteiger charge is 2.53. The van der Waals surface area contributed by atoms with Crippen LogP contribution in [0, 0.1) is 0 Å². The molecule has 152 valence electrons. The molecular formula is C23H27N3O3. The van der Waals surface area contributed by atoms with E-state index in [1.807, 2.05) is 90.4 Å². The zero-order valence-electron chi connectivity index (χ0n) is 17.2. The van der Waals surface area contributed by atoms with Crippen LogP contribution in [0.1, 0.15) is 22.3 Å². The molecule has 2 aromatic rings. The van der Waals surface area contributed by atoms with Gasteiger partial charge >= 0.3 is 0 Å². The standard InChI is InChI=1S/C23H27N3O3/c1-24(2)19-11-7-8-17(14-19)22(28)26-13-12-23(18-9-5-4-6-10-18)20(15-26)29-16-21(27)25(23)3/h4-11,14,20H,12-13,15-16H2,1-3H3/t20-,23+/m1/s1. The number of piperidine rings is 1. The zero-order chi connectivity index (χ0) is 20.6. The van der Waals surface area contributed by atoms with Crippen molar-refractivity contribution in [1.29, 1.82) is 0 Å². The van der Waals surface area contributed by atoms with Gasteiger partial charge < -0.3 is 19.4 Å².